The minimum Gasteiger partial charge on any atom is -0.352 e. The van der Waals surface area contributed by atoms with E-state index in [0.29, 0.717) is 25.4 Å². The van der Waals surface area contributed by atoms with Gasteiger partial charge in [0.15, 0.2) is 9.84 Å². The molecule has 3 aliphatic rings. The molecular weight excluding hydrogens is 342 g/mol. The summed E-state index contributed by atoms with van der Waals surface area (Å²) in [7, 11) is -3.04. The first-order chi connectivity index (χ1) is 11.9. The molecular formula is C17H29N3O4S. The molecule has 0 spiro atoms. The first kappa shape index (κ1) is 18.6. The Morgan fingerprint density at radius 3 is 2.56 bits per heavy atom. The lowest BCUT2D eigenvalue weighted by molar-refractivity contribution is -0.130. The van der Waals surface area contributed by atoms with Crippen LogP contribution in [0.25, 0.3) is 0 Å². The molecule has 1 saturated carbocycles. The molecule has 0 bridgehead atoms. The van der Waals surface area contributed by atoms with Crippen LogP contribution in [0.3, 0.4) is 0 Å². The highest BCUT2D eigenvalue weighted by molar-refractivity contribution is 7.91. The van der Waals surface area contributed by atoms with Gasteiger partial charge in [-0.3, -0.25) is 9.59 Å². The van der Waals surface area contributed by atoms with Crippen molar-refractivity contribution in [1.29, 1.82) is 0 Å². The Hall–Kier alpha value is -1.15. The summed E-state index contributed by atoms with van der Waals surface area (Å²) < 4.78 is 23.3. The molecule has 2 amide bonds. The van der Waals surface area contributed by atoms with Crippen molar-refractivity contribution in [3.63, 3.8) is 0 Å². The SMILES string of the molecule is NCC(NC(=O)C1CC(=O)N(C2CCS(=O)(=O)C2)C1)C1CCCCC1. The van der Waals surface area contributed by atoms with Crippen molar-refractivity contribution in [3.05, 3.63) is 0 Å². The lowest BCUT2D eigenvalue weighted by Crippen LogP contribution is -2.48. The van der Waals surface area contributed by atoms with E-state index in [1.807, 2.05) is 0 Å². The molecule has 8 heteroatoms. The number of likely N-dealkylation sites (tertiary alicyclic amines) is 1. The molecule has 2 aliphatic heterocycles. The van der Waals surface area contributed by atoms with Crippen molar-refractivity contribution >= 4 is 21.7 Å². The molecule has 2 heterocycles. The maximum Gasteiger partial charge on any atom is 0.225 e. The lowest BCUT2D eigenvalue weighted by Gasteiger charge is -2.31. The van der Waals surface area contributed by atoms with Gasteiger partial charge < -0.3 is 16.0 Å². The van der Waals surface area contributed by atoms with Gasteiger partial charge in [0.2, 0.25) is 11.8 Å². The van der Waals surface area contributed by atoms with Crippen molar-refractivity contribution in [2.75, 3.05) is 24.6 Å². The Bertz CT molecular complexity index is 615. The van der Waals surface area contributed by atoms with E-state index < -0.39 is 15.8 Å². The number of nitrogens with one attached hydrogen (secondary N) is 1. The second-order valence-corrected chi connectivity index (χ2v) is 9.98. The van der Waals surface area contributed by atoms with E-state index in [0.717, 1.165) is 12.8 Å². The Balaban J connectivity index is 1.56. The zero-order valence-corrected chi connectivity index (χ0v) is 15.5. The number of carbonyl (C=O) groups is 2. The highest BCUT2D eigenvalue weighted by Crippen LogP contribution is 2.28. The summed E-state index contributed by atoms with van der Waals surface area (Å²) in [5, 5.41) is 3.07. The monoisotopic (exact) mass is 371 g/mol. The Morgan fingerprint density at radius 2 is 1.96 bits per heavy atom. The summed E-state index contributed by atoms with van der Waals surface area (Å²) in [6.45, 7) is 0.745. The van der Waals surface area contributed by atoms with Crippen LogP contribution in [0, 0.1) is 11.8 Å². The van der Waals surface area contributed by atoms with Gasteiger partial charge in [-0.05, 0) is 25.2 Å². The fourth-order valence-electron chi connectivity index (χ4n) is 4.49. The van der Waals surface area contributed by atoms with Crippen molar-refractivity contribution in [3.8, 4) is 0 Å². The summed E-state index contributed by atoms with van der Waals surface area (Å²) in [5.41, 5.74) is 5.88. The highest BCUT2D eigenvalue weighted by atomic mass is 32.2. The van der Waals surface area contributed by atoms with Gasteiger partial charge in [-0.15, -0.1) is 0 Å². The van der Waals surface area contributed by atoms with E-state index in [2.05, 4.69) is 5.32 Å². The van der Waals surface area contributed by atoms with E-state index in [-0.39, 0.29) is 41.8 Å². The largest absolute Gasteiger partial charge is 0.352 e. The van der Waals surface area contributed by atoms with Gasteiger partial charge in [-0.2, -0.15) is 0 Å². The molecule has 0 aromatic carbocycles. The molecule has 3 rings (SSSR count). The fourth-order valence-corrected chi connectivity index (χ4v) is 6.22. The molecule has 2 saturated heterocycles. The normalized spacial score (nSPS) is 31.2. The Morgan fingerprint density at radius 1 is 1.24 bits per heavy atom. The van der Waals surface area contributed by atoms with E-state index in [4.69, 9.17) is 5.73 Å². The molecule has 7 nitrogen and oxygen atoms in total. The summed E-state index contributed by atoms with van der Waals surface area (Å²) in [6.07, 6.45) is 6.46. The third-order valence-electron chi connectivity index (χ3n) is 5.98. The van der Waals surface area contributed by atoms with E-state index in [1.54, 1.807) is 4.90 Å². The van der Waals surface area contributed by atoms with Gasteiger partial charge in [0.05, 0.1) is 17.4 Å². The number of hydrogen-bond donors (Lipinski definition) is 2. The zero-order chi connectivity index (χ0) is 18.0. The molecule has 3 unspecified atom stereocenters. The van der Waals surface area contributed by atoms with Crippen LogP contribution in [-0.4, -0.2) is 61.8 Å². The minimum absolute atomic E-state index is 0.0242. The van der Waals surface area contributed by atoms with E-state index in [9.17, 15) is 18.0 Å². The number of amides is 2. The first-order valence-electron chi connectivity index (χ1n) is 9.40. The third-order valence-corrected chi connectivity index (χ3v) is 7.73. The fraction of sp³-hybridized carbons (Fsp3) is 0.882. The summed E-state index contributed by atoms with van der Waals surface area (Å²) in [6, 6.07) is -0.289. The van der Waals surface area contributed by atoms with Crippen molar-refractivity contribution in [2.24, 2.45) is 17.6 Å². The van der Waals surface area contributed by atoms with Crippen molar-refractivity contribution in [2.45, 2.75) is 57.0 Å². The molecule has 25 heavy (non-hydrogen) atoms. The minimum atomic E-state index is -3.04. The smallest absolute Gasteiger partial charge is 0.225 e. The summed E-state index contributed by atoms with van der Waals surface area (Å²) in [5.74, 6) is -0.0261. The second-order valence-electron chi connectivity index (χ2n) is 7.75. The predicted octanol–water partition coefficient (Wildman–Crippen LogP) is 0.0458. The molecule has 0 aromatic heterocycles. The van der Waals surface area contributed by atoms with Crippen molar-refractivity contribution < 1.29 is 18.0 Å². The van der Waals surface area contributed by atoms with E-state index >= 15 is 0 Å². The van der Waals surface area contributed by atoms with Gasteiger partial charge in [-0.1, -0.05) is 19.3 Å². The van der Waals surface area contributed by atoms with Crippen LogP contribution < -0.4 is 11.1 Å². The third kappa shape index (κ3) is 4.34. The average molecular weight is 372 g/mol. The number of sulfone groups is 1. The molecule has 142 valence electrons. The lowest BCUT2D eigenvalue weighted by atomic mass is 9.83. The summed E-state index contributed by atoms with van der Waals surface area (Å²) >= 11 is 0. The maximum absolute atomic E-state index is 12.6. The quantitative estimate of drug-likeness (QED) is 0.709. The van der Waals surface area contributed by atoms with Crippen molar-refractivity contribution in [1.82, 2.24) is 10.2 Å². The number of rotatable bonds is 5. The Labute approximate surface area is 149 Å². The van der Waals surface area contributed by atoms with Crippen LogP contribution in [0.2, 0.25) is 0 Å². The van der Waals surface area contributed by atoms with Crippen LogP contribution in [0.1, 0.15) is 44.9 Å². The number of hydrogen-bond acceptors (Lipinski definition) is 5. The molecule has 3 fully saturated rings. The molecule has 3 atom stereocenters. The number of carbonyl (C=O) groups excluding carboxylic acids is 2. The van der Waals surface area contributed by atoms with Crippen LogP contribution in [0.5, 0.6) is 0 Å². The molecule has 0 radical (unpaired) electrons. The van der Waals surface area contributed by atoms with Gasteiger partial charge in [-0.25, -0.2) is 8.42 Å². The second kappa shape index (κ2) is 7.61. The van der Waals surface area contributed by atoms with Gasteiger partial charge in [0.1, 0.15) is 0 Å². The average Bonchev–Trinajstić information content (AvgIpc) is 3.15. The summed E-state index contributed by atoms with van der Waals surface area (Å²) in [4.78, 5) is 26.5. The van der Waals surface area contributed by atoms with Crippen LogP contribution >= 0.6 is 0 Å². The molecule has 1 aliphatic carbocycles. The van der Waals surface area contributed by atoms with Crippen LogP contribution in [-0.2, 0) is 19.4 Å². The Kier molecular flexibility index (Phi) is 5.68. The maximum atomic E-state index is 12.6. The van der Waals surface area contributed by atoms with Gasteiger partial charge in [0.25, 0.3) is 0 Å². The number of nitrogens with zero attached hydrogens (tertiary/aromatic N) is 1. The van der Waals surface area contributed by atoms with Gasteiger partial charge >= 0.3 is 0 Å². The van der Waals surface area contributed by atoms with Crippen LogP contribution in [0.15, 0.2) is 0 Å². The highest BCUT2D eigenvalue weighted by Gasteiger charge is 2.42. The first-order valence-corrected chi connectivity index (χ1v) is 11.2. The zero-order valence-electron chi connectivity index (χ0n) is 14.7. The standard InChI is InChI=1S/C17H29N3O4S/c18-9-15(12-4-2-1-3-5-12)19-17(22)13-8-16(21)20(10-13)14-6-7-25(23,24)11-14/h12-15H,1-11,18H2,(H,19,22). The van der Waals surface area contributed by atoms with Crippen LogP contribution in [0.4, 0.5) is 0 Å². The molecule has 3 N–H and O–H groups in total. The van der Waals surface area contributed by atoms with E-state index in [1.165, 1.54) is 19.3 Å². The number of nitrogens with two attached hydrogens (primary N) is 1. The predicted molar refractivity (Wildman–Crippen MR) is 94.4 cm³/mol. The molecule has 0 aromatic rings. The topological polar surface area (TPSA) is 110 Å². The van der Waals surface area contributed by atoms with Gasteiger partial charge in [0, 0.05) is 31.6 Å².